The molecular formula is C27H31N3O4. The minimum atomic E-state index is -0.122. The molecular weight excluding hydrogens is 430 g/mol. The summed E-state index contributed by atoms with van der Waals surface area (Å²) in [5.41, 5.74) is 4.44. The Labute approximate surface area is 199 Å². The summed E-state index contributed by atoms with van der Waals surface area (Å²) >= 11 is 0. The molecule has 0 spiro atoms. The number of amides is 1. The number of dihydropyridines is 1. The number of fused-ring (bicyclic) bond motifs is 2. The molecule has 0 bridgehead atoms. The van der Waals surface area contributed by atoms with Crippen molar-refractivity contribution >= 4 is 23.0 Å². The lowest BCUT2D eigenvalue weighted by molar-refractivity contribution is -0.146. The molecule has 1 amide bonds. The van der Waals surface area contributed by atoms with E-state index in [1.807, 2.05) is 28.9 Å². The van der Waals surface area contributed by atoms with Gasteiger partial charge in [-0.2, -0.15) is 0 Å². The summed E-state index contributed by atoms with van der Waals surface area (Å²) in [5, 5.41) is 6.77. The summed E-state index contributed by atoms with van der Waals surface area (Å²) in [5.74, 6) is 0.0901. The number of furan rings is 1. The third-order valence-corrected chi connectivity index (χ3v) is 7.34. The van der Waals surface area contributed by atoms with Crippen LogP contribution in [0, 0.1) is 11.8 Å². The van der Waals surface area contributed by atoms with Crippen molar-refractivity contribution in [3.05, 3.63) is 71.8 Å². The van der Waals surface area contributed by atoms with Gasteiger partial charge in [-0.3, -0.25) is 9.59 Å². The molecule has 7 heteroatoms. The van der Waals surface area contributed by atoms with Crippen LogP contribution in [0.2, 0.25) is 0 Å². The fourth-order valence-corrected chi connectivity index (χ4v) is 5.32. The number of allylic oxidation sites excluding steroid dienone is 5. The van der Waals surface area contributed by atoms with Gasteiger partial charge in [-0.05, 0) is 50.2 Å². The predicted molar refractivity (Wildman–Crippen MR) is 130 cm³/mol. The highest BCUT2D eigenvalue weighted by atomic mass is 16.5. The van der Waals surface area contributed by atoms with E-state index in [4.69, 9.17) is 9.15 Å². The zero-order chi connectivity index (χ0) is 23.7. The molecule has 2 N–H and O–H groups in total. The Kier molecular flexibility index (Phi) is 6.18. The van der Waals surface area contributed by atoms with Crippen LogP contribution in [-0.2, 0) is 16.1 Å². The van der Waals surface area contributed by atoms with Crippen molar-refractivity contribution in [2.24, 2.45) is 11.8 Å². The molecule has 1 saturated carbocycles. The van der Waals surface area contributed by atoms with Crippen molar-refractivity contribution in [1.82, 2.24) is 15.2 Å². The van der Waals surface area contributed by atoms with Gasteiger partial charge in [-0.1, -0.05) is 30.4 Å². The lowest BCUT2D eigenvalue weighted by Crippen LogP contribution is -2.41. The first-order valence-corrected chi connectivity index (χ1v) is 12.0. The average molecular weight is 462 g/mol. The number of nitrogens with one attached hydrogen (secondary N) is 2. The van der Waals surface area contributed by atoms with Gasteiger partial charge in [0.05, 0.1) is 37.4 Å². The third-order valence-electron chi connectivity index (χ3n) is 7.34. The molecule has 2 atom stereocenters. The molecule has 2 unspecified atom stereocenters. The third kappa shape index (κ3) is 4.34. The van der Waals surface area contributed by atoms with Crippen molar-refractivity contribution < 1.29 is 18.7 Å². The molecule has 178 valence electrons. The van der Waals surface area contributed by atoms with Crippen LogP contribution in [0.5, 0.6) is 0 Å². The van der Waals surface area contributed by atoms with Gasteiger partial charge in [0.15, 0.2) is 5.58 Å². The zero-order valence-electron chi connectivity index (χ0n) is 19.6. The maximum Gasteiger partial charge on any atom is 0.308 e. The van der Waals surface area contributed by atoms with Gasteiger partial charge in [0, 0.05) is 23.9 Å². The molecule has 2 aliphatic carbocycles. The molecule has 34 heavy (non-hydrogen) atoms. The zero-order valence-corrected chi connectivity index (χ0v) is 19.6. The highest BCUT2D eigenvalue weighted by Gasteiger charge is 2.31. The van der Waals surface area contributed by atoms with Gasteiger partial charge in [-0.15, -0.1) is 0 Å². The van der Waals surface area contributed by atoms with E-state index in [0.29, 0.717) is 23.7 Å². The molecule has 3 heterocycles. The Hall–Kier alpha value is -3.48. The monoisotopic (exact) mass is 461 g/mol. The Morgan fingerprint density at radius 1 is 1.24 bits per heavy atom. The first kappa shape index (κ1) is 22.3. The summed E-state index contributed by atoms with van der Waals surface area (Å²) in [6.07, 6.45) is 17.6. The van der Waals surface area contributed by atoms with Crippen molar-refractivity contribution in [2.75, 3.05) is 7.11 Å². The minimum Gasteiger partial charge on any atom is -0.469 e. The Morgan fingerprint density at radius 2 is 2.06 bits per heavy atom. The van der Waals surface area contributed by atoms with Gasteiger partial charge in [0.2, 0.25) is 0 Å². The minimum absolute atomic E-state index is 0.0115. The smallest absolute Gasteiger partial charge is 0.308 e. The van der Waals surface area contributed by atoms with Gasteiger partial charge in [0.25, 0.3) is 5.91 Å². The molecule has 1 aliphatic heterocycles. The van der Waals surface area contributed by atoms with E-state index in [1.54, 1.807) is 6.26 Å². The van der Waals surface area contributed by atoms with E-state index < -0.39 is 0 Å². The fourth-order valence-electron chi connectivity index (χ4n) is 5.32. The van der Waals surface area contributed by atoms with Crippen LogP contribution in [0.4, 0.5) is 0 Å². The van der Waals surface area contributed by atoms with Crippen LogP contribution in [0.15, 0.2) is 70.5 Å². The van der Waals surface area contributed by atoms with Crippen LogP contribution in [0.25, 0.3) is 11.1 Å². The summed E-state index contributed by atoms with van der Waals surface area (Å²) in [6, 6.07) is 3.88. The van der Waals surface area contributed by atoms with E-state index >= 15 is 0 Å². The normalized spacial score (nSPS) is 24.6. The van der Waals surface area contributed by atoms with E-state index in [1.165, 1.54) is 12.7 Å². The van der Waals surface area contributed by atoms with Gasteiger partial charge in [-0.25, -0.2) is 0 Å². The molecule has 3 aliphatic rings. The number of hydrogen-bond acceptors (Lipinski definition) is 5. The van der Waals surface area contributed by atoms with E-state index in [9.17, 15) is 9.59 Å². The quantitative estimate of drug-likeness (QED) is 0.629. The lowest BCUT2D eigenvalue weighted by Gasteiger charge is -2.31. The van der Waals surface area contributed by atoms with Crippen molar-refractivity contribution in [3.63, 3.8) is 0 Å². The average Bonchev–Trinajstić information content (AvgIpc) is 3.46. The van der Waals surface area contributed by atoms with Crippen molar-refractivity contribution in [1.29, 1.82) is 0 Å². The fraction of sp³-hybridized carbons (Fsp3) is 0.407. The van der Waals surface area contributed by atoms with Crippen LogP contribution in [-0.4, -0.2) is 35.6 Å². The number of carbonyl (C=O) groups is 2. The molecule has 0 radical (unpaired) electrons. The number of aromatic nitrogens is 1. The summed E-state index contributed by atoms with van der Waals surface area (Å²) in [4.78, 5) is 25.2. The maximum absolute atomic E-state index is 13.4. The topological polar surface area (TPSA) is 85.5 Å². The molecule has 0 aromatic carbocycles. The summed E-state index contributed by atoms with van der Waals surface area (Å²) in [7, 11) is 1.44. The van der Waals surface area contributed by atoms with Gasteiger partial charge in [0.1, 0.15) is 5.69 Å². The maximum atomic E-state index is 13.4. The number of methoxy groups -OCH3 is 1. The predicted octanol–water partition coefficient (Wildman–Crippen LogP) is 4.24. The SMILES string of the molecule is COC(=O)C1CCC(C(C)NC(=O)c2cc3occc3n2CC2=CC=C3C=CC=CC3N2)CC1. The second kappa shape index (κ2) is 9.41. The molecule has 1 fully saturated rings. The lowest BCUT2D eigenvalue weighted by atomic mass is 9.79. The van der Waals surface area contributed by atoms with Crippen LogP contribution in [0.1, 0.15) is 43.1 Å². The second-order valence-corrected chi connectivity index (χ2v) is 9.41. The standard InChI is InChI=1S/C27H31N3O4/c1-17(18-7-9-20(10-8-18)27(32)33-2)28-26(31)24-15-25-23(13-14-34-25)30(24)16-21-12-11-19-5-3-4-6-22(19)29-21/h3-6,11-15,17-18,20,22,29H,7-10,16H2,1-2H3,(H,28,31). The van der Waals surface area contributed by atoms with Crippen molar-refractivity contribution in [3.8, 4) is 0 Å². The first-order chi connectivity index (χ1) is 16.5. The number of nitrogens with zero attached hydrogens (tertiary/aromatic N) is 1. The Balaban J connectivity index is 1.30. The van der Waals surface area contributed by atoms with Gasteiger partial charge >= 0.3 is 5.97 Å². The number of ether oxygens (including phenoxy) is 1. The van der Waals surface area contributed by atoms with Crippen LogP contribution >= 0.6 is 0 Å². The molecule has 2 aromatic heterocycles. The molecule has 7 nitrogen and oxygen atoms in total. The highest BCUT2D eigenvalue weighted by Crippen LogP contribution is 2.32. The number of hydrogen-bond donors (Lipinski definition) is 2. The Morgan fingerprint density at radius 3 is 2.85 bits per heavy atom. The Bertz CT molecular complexity index is 1200. The number of rotatable bonds is 6. The van der Waals surface area contributed by atoms with E-state index in [-0.39, 0.29) is 29.9 Å². The summed E-state index contributed by atoms with van der Waals surface area (Å²) < 4.78 is 12.5. The molecule has 5 rings (SSSR count). The molecule has 2 aromatic rings. The highest BCUT2D eigenvalue weighted by molar-refractivity contribution is 5.97. The second-order valence-electron chi connectivity index (χ2n) is 9.41. The van der Waals surface area contributed by atoms with Crippen LogP contribution < -0.4 is 10.6 Å². The van der Waals surface area contributed by atoms with E-state index in [2.05, 4.69) is 41.9 Å². The first-order valence-electron chi connectivity index (χ1n) is 12.0. The van der Waals surface area contributed by atoms with Crippen LogP contribution in [0.3, 0.4) is 0 Å². The largest absolute Gasteiger partial charge is 0.469 e. The number of esters is 1. The number of carbonyl (C=O) groups excluding carboxylic acids is 2. The summed E-state index contributed by atoms with van der Waals surface area (Å²) in [6.45, 7) is 2.60. The molecule has 0 saturated heterocycles. The van der Waals surface area contributed by atoms with Gasteiger partial charge < -0.3 is 24.4 Å². The van der Waals surface area contributed by atoms with Crippen molar-refractivity contribution in [2.45, 2.75) is 51.2 Å². The van der Waals surface area contributed by atoms with E-state index in [0.717, 1.165) is 36.9 Å².